The Kier molecular flexibility index (Phi) is 5.33. The predicted octanol–water partition coefficient (Wildman–Crippen LogP) is 2.60. The monoisotopic (exact) mass is 400 g/mol. The third-order valence-corrected chi connectivity index (χ3v) is 5.33. The van der Waals surface area contributed by atoms with Gasteiger partial charge in [0.2, 0.25) is 5.91 Å². The van der Waals surface area contributed by atoms with Crippen molar-refractivity contribution in [1.29, 1.82) is 0 Å². The Labute approximate surface area is 167 Å². The fourth-order valence-electron chi connectivity index (χ4n) is 3.82. The summed E-state index contributed by atoms with van der Waals surface area (Å²) in [6.07, 6.45) is 0.178. The molecule has 4 rings (SSSR count). The molecule has 1 N–H and O–H groups in total. The van der Waals surface area contributed by atoms with Crippen molar-refractivity contribution in [1.82, 2.24) is 10.2 Å². The van der Waals surface area contributed by atoms with Gasteiger partial charge in [0.15, 0.2) is 0 Å². The van der Waals surface area contributed by atoms with Crippen molar-refractivity contribution in [2.45, 2.75) is 12.5 Å². The second-order valence-corrected chi connectivity index (χ2v) is 7.26. The maximum absolute atomic E-state index is 13.9. The van der Waals surface area contributed by atoms with E-state index in [0.29, 0.717) is 44.1 Å². The minimum absolute atomic E-state index is 0.148. The van der Waals surface area contributed by atoms with E-state index < -0.39 is 5.82 Å². The SMILES string of the molecule is O=C(N[C@@H]1CC(=O)N(c2cccc(F)c2)C1)N1CCN(c2ccccc2F)CC1. The molecule has 0 aliphatic carbocycles. The van der Waals surface area contributed by atoms with E-state index in [2.05, 4.69) is 5.32 Å². The minimum atomic E-state index is -0.407. The van der Waals surface area contributed by atoms with Crippen LogP contribution in [0.1, 0.15) is 6.42 Å². The van der Waals surface area contributed by atoms with Crippen LogP contribution in [0, 0.1) is 11.6 Å². The molecule has 6 nitrogen and oxygen atoms in total. The van der Waals surface area contributed by atoms with E-state index in [1.165, 1.54) is 23.1 Å². The van der Waals surface area contributed by atoms with E-state index in [-0.39, 0.29) is 30.2 Å². The van der Waals surface area contributed by atoms with Crippen LogP contribution in [-0.2, 0) is 4.79 Å². The van der Waals surface area contributed by atoms with E-state index in [1.54, 1.807) is 35.2 Å². The topological polar surface area (TPSA) is 55.9 Å². The lowest BCUT2D eigenvalue weighted by Crippen LogP contribution is -2.54. The van der Waals surface area contributed by atoms with Crippen molar-refractivity contribution in [3.8, 4) is 0 Å². The summed E-state index contributed by atoms with van der Waals surface area (Å²) in [6, 6.07) is 11.9. The summed E-state index contributed by atoms with van der Waals surface area (Å²) >= 11 is 0. The van der Waals surface area contributed by atoms with Gasteiger partial charge in [0.1, 0.15) is 11.6 Å². The number of hydrogen-bond acceptors (Lipinski definition) is 3. The van der Waals surface area contributed by atoms with Crippen LogP contribution < -0.4 is 15.1 Å². The van der Waals surface area contributed by atoms with E-state index >= 15 is 0 Å². The van der Waals surface area contributed by atoms with E-state index in [9.17, 15) is 18.4 Å². The molecule has 0 aromatic heterocycles. The van der Waals surface area contributed by atoms with Crippen LogP contribution in [0.2, 0.25) is 0 Å². The lowest BCUT2D eigenvalue weighted by molar-refractivity contribution is -0.117. The number of rotatable bonds is 3. The van der Waals surface area contributed by atoms with Crippen LogP contribution in [0.15, 0.2) is 48.5 Å². The summed E-state index contributed by atoms with van der Waals surface area (Å²) in [5, 5.41) is 2.90. The summed E-state index contributed by atoms with van der Waals surface area (Å²) < 4.78 is 27.4. The largest absolute Gasteiger partial charge is 0.366 e. The Bertz CT molecular complexity index is 915. The van der Waals surface area contributed by atoms with Crippen molar-refractivity contribution in [3.63, 3.8) is 0 Å². The second kappa shape index (κ2) is 8.06. The number of carbonyl (C=O) groups excluding carboxylic acids is 2. The number of amides is 3. The molecule has 0 saturated carbocycles. The highest BCUT2D eigenvalue weighted by atomic mass is 19.1. The van der Waals surface area contributed by atoms with E-state index in [1.807, 2.05) is 4.90 Å². The molecule has 2 saturated heterocycles. The molecule has 0 unspecified atom stereocenters. The Morgan fingerprint density at radius 3 is 2.48 bits per heavy atom. The van der Waals surface area contributed by atoms with Gasteiger partial charge in [0.25, 0.3) is 0 Å². The van der Waals surface area contributed by atoms with E-state index in [0.717, 1.165) is 0 Å². The lowest BCUT2D eigenvalue weighted by Gasteiger charge is -2.36. The maximum atomic E-state index is 13.9. The molecule has 2 aromatic rings. The predicted molar refractivity (Wildman–Crippen MR) is 106 cm³/mol. The lowest BCUT2D eigenvalue weighted by atomic mass is 10.2. The molecular formula is C21H22F2N4O2. The molecule has 8 heteroatoms. The molecule has 1 atom stereocenters. The van der Waals surface area contributed by atoms with Gasteiger partial charge in [-0.3, -0.25) is 4.79 Å². The van der Waals surface area contributed by atoms with Gasteiger partial charge in [0, 0.05) is 44.8 Å². The molecule has 2 fully saturated rings. The summed E-state index contributed by atoms with van der Waals surface area (Å²) in [7, 11) is 0. The van der Waals surface area contributed by atoms with Crippen LogP contribution in [0.5, 0.6) is 0 Å². The van der Waals surface area contributed by atoms with Crippen LogP contribution >= 0.6 is 0 Å². The van der Waals surface area contributed by atoms with Crippen molar-refractivity contribution >= 4 is 23.3 Å². The van der Waals surface area contributed by atoms with Gasteiger partial charge in [-0.25, -0.2) is 13.6 Å². The van der Waals surface area contributed by atoms with Crippen LogP contribution in [0.3, 0.4) is 0 Å². The number of nitrogens with one attached hydrogen (secondary N) is 1. The summed E-state index contributed by atoms with van der Waals surface area (Å²) in [5.41, 5.74) is 1.03. The number of urea groups is 1. The first-order valence-corrected chi connectivity index (χ1v) is 9.62. The van der Waals surface area contributed by atoms with Crippen molar-refractivity contribution in [3.05, 3.63) is 60.2 Å². The highest BCUT2D eigenvalue weighted by Crippen LogP contribution is 2.23. The van der Waals surface area contributed by atoms with E-state index in [4.69, 9.17) is 0 Å². The van der Waals surface area contributed by atoms with Gasteiger partial charge in [-0.15, -0.1) is 0 Å². The van der Waals surface area contributed by atoms with Crippen LogP contribution in [0.25, 0.3) is 0 Å². The number of carbonyl (C=O) groups is 2. The van der Waals surface area contributed by atoms with Gasteiger partial charge < -0.3 is 20.0 Å². The van der Waals surface area contributed by atoms with Gasteiger partial charge in [-0.2, -0.15) is 0 Å². The van der Waals surface area contributed by atoms with Crippen molar-refractivity contribution in [2.24, 2.45) is 0 Å². The Morgan fingerprint density at radius 2 is 1.76 bits per heavy atom. The number of nitrogens with zero attached hydrogens (tertiary/aromatic N) is 3. The molecule has 2 aliphatic heterocycles. The maximum Gasteiger partial charge on any atom is 0.317 e. The number of piperazine rings is 1. The molecule has 2 aromatic carbocycles. The highest BCUT2D eigenvalue weighted by molar-refractivity contribution is 5.96. The molecular weight excluding hydrogens is 378 g/mol. The molecule has 3 amide bonds. The zero-order chi connectivity index (χ0) is 20.4. The minimum Gasteiger partial charge on any atom is -0.366 e. The number of para-hydroxylation sites is 1. The molecule has 0 spiro atoms. The average molecular weight is 400 g/mol. The summed E-state index contributed by atoms with van der Waals surface area (Å²) in [4.78, 5) is 30.0. The smallest absolute Gasteiger partial charge is 0.317 e. The third kappa shape index (κ3) is 4.16. The fourth-order valence-corrected chi connectivity index (χ4v) is 3.82. The number of benzene rings is 2. The van der Waals surface area contributed by atoms with Gasteiger partial charge in [-0.05, 0) is 30.3 Å². The first kappa shape index (κ1) is 19.2. The molecule has 152 valence electrons. The third-order valence-electron chi connectivity index (χ3n) is 5.33. The highest BCUT2D eigenvalue weighted by Gasteiger charge is 2.33. The van der Waals surface area contributed by atoms with Gasteiger partial charge in [0.05, 0.1) is 11.7 Å². The number of hydrogen-bond donors (Lipinski definition) is 1. The normalized spacial score (nSPS) is 19.6. The summed E-state index contributed by atoms with van der Waals surface area (Å²) in [5.74, 6) is -0.826. The molecule has 0 bridgehead atoms. The van der Waals surface area contributed by atoms with Gasteiger partial charge in [-0.1, -0.05) is 18.2 Å². The number of halogens is 2. The molecule has 29 heavy (non-hydrogen) atoms. The standard InChI is InChI=1S/C21H22F2N4O2/c22-15-4-3-5-17(12-15)27-14-16(13-20(27)28)24-21(29)26-10-8-25(9-11-26)19-7-2-1-6-18(19)23/h1-7,12,16H,8-11,13-14H2,(H,24,29)/t16-/m1/s1. The van der Waals surface area contributed by atoms with Crippen molar-refractivity contribution in [2.75, 3.05) is 42.5 Å². The summed E-state index contributed by atoms with van der Waals surface area (Å²) in [6.45, 7) is 2.31. The average Bonchev–Trinajstić information content (AvgIpc) is 3.08. The number of anilines is 2. The molecule has 2 heterocycles. The Morgan fingerprint density at radius 1 is 1.00 bits per heavy atom. The molecule has 0 radical (unpaired) electrons. The Hall–Kier alpha value is -3.16. The quantitative estimate of drug-likeness (QED) is 0.862. The first-order valence-electron chi connectivity index (χ1n) is 9.62. The van der Waals surface area contributed by atoms with Crippen LogP contribution in [-0.4, -0.2) is 55.6 Å². The fraction of sp³-hybridized carbons (Fsp3) is 0.333. The zero-order valence-corrected chi connectivity index (χ0v) is 15.9. The Balaban J connectivity index is 1.31. The first-order chi connectivity index (χ1) is 14.0. The van der Waals surface area contributed by atoms with Crippen molar-refractivity contribution < 1.29 is 18.4 Å². The van der Waals surface area contributed by atoms with Crippen LogP contribution in [0.4, 0.5) is 25.0 Å². The zero-order valence-electron chi connectivity index (χ0n) is 15.9. The molecule has 2 aliphatic rings. The van der Waals surface area contributed by atoms with Gasteiger partial charge >= 0.3 is 6.03 Å². The second-order valence-electron chi connectivity index (χ2n) is 7.26.